The van der Waals surface area contributed by atoms with Gasteiger partial charge in [0.05, 0.1) is 11.7 Å². The van der Waals surface area contributed by atoms with Gasteiger partial charge in [0.1, 0.15) is 18.4 Å². The molecule has 0 radical (unpaired) electrons. The monoisotopic (exact) mass is 398 g/mol. The molecule has 6 nitrogen and oxygen atoms in total. The third-order valence-corrected chi connectivity index (χ3v) is 4.78. The second-order valence-corrected chi connectivity index (χ2v) is 6.87. The third-order valence-electron chi connectivity index (χ3n) is 4.78. The lowest BCUT2D eigenvalue weighted by Crippen LogP contribution is -2.31. The smallest absolute Gasteiger partial charge is 0.258 e. The molecule has 30 heavy (non-hydrogen) atoms. The Morgan fingerprint density at radius 3 is 2.47 bits per heavy atom. The van der Waals surface area contributed by atoms with Gasteiger partial charge >= 0.3 is 0 Å². The molecule has 0 aliphatic rings. The molecule has 4 rings (SSSR count). The highest BCUT2D eigenvalue weighted by atomic mass is 16.5. The minimum atomic E-state index is -0.175. The highest BCUT2D eigenvalue weighted by Gasteiger charge is 2.12. The molecule has 0 spiro atoms. The average Bonchev–Trinajstić information content (AvgIpc) is 3.34. The SMILES string of the molecule is CC(NC(=O)COc1ccccc1-c1ccccc1)c1ccc(-n2cncn2)cc1. The minimum Gasteiger partial charge on any atom is -0.483 e. The topological polar surface area (TPSA) is 69.0 Å². The quantitative estimate of drug-likeness (QED) is 0.507. The van der Waals surface area contributed by atoms with Crippen LogP contribution in [0.25, 0.3) is 16.8 Å². The largest absolute Gasteiger partial charge is 0.483 e. The number of amides is 1. The molecular weight excluding hydrogens is 376 g/mol. The van der Waals surface area contributed by atoms with Crippen molar-refractivity contribution in [2.45, 2.75) is 13.0 Å². The van der Waals surface area contributed by atoms with Crippen molar-refractivity contribution in [3.63, 3.8) is 0 Å². The van der Waals surface area contributed by atoms with Gasteiger partial charge in [0.15, 0.2) is 6.61 Å². The number of hydrogen-bond donors (Lipinski definition) is 1. The fourth-order valence-electron chi connectivity index (χ4n) is 3.22. The Kier molecular flexibility index (Phi) is 5.85. The summed E-state index contributed by atoms with van der Waals surface area (Å²) in [6.45, 7) is 1.89. The molecule has 0 saturated heterocycles. The summed E-state index contributed by atoms with van der Waals surface area (Å²) in [6.07, 6.45) is 3.14. The molecule has 4 aromatic rings. The molecule has 3 aromatic carbocycles. The van der Waals surface area contributed by atoms with Crippen molar-refractivity contribution in [1.29, 1.82) is 0 Å². The zero-order chi connectivity index (χ0) is 20.8. The Balaban J connectivity index is 1.36. The van der Waals surface area contributed by atoms with Crippen molar-refractivity contribution in [3.05, 3.63) is 97.1 Å². The number of hydrogen-bond acceptors (Lipinski definition) is 4. The van der Waals surface area contributed by atoms with E-state index in [0.717, 1.165) is 22.4 Å². The molecule has 1 N–H and O–H groups in total. The molecule has 0 fully saturated rings. The first-order valence-corrected chi connectivity index (χ1v) is 9.72. The van der Waals surface area contributed by atoms with Crippen LogP contribution in [0.1, 0.15) is 18.5 Å². The maximum atomic E-state index is 12.4. The lowest BCUT2D eigenvalue weighted by Gasteiger charge is -2.16. The summed E-state index contributed by atoms with van der Waals surface area (Å²) in [5, 5.41) is 7.09. The second-order valence-electron chi connectivity index (χ2n) is 6.87. The molecule has 1 heterocycles. The molecule has 1 aromatic heterocycles. The minimum absolute atomic E-state index is 0.0504. The molecule has 6 heteroatoms. The molecule has 0 saturated carbocycles. The van der Waals surface area contributed by atoms with Gasteiger partial charge < -0.3 is 10.1 Å². The summed E-state index contributed by atoms with van der Waals surface area (Å²) in [5.74, 6) is 0.509. The fraction of sp³-hybridized carbons (Fsp3) is 0.125. The number of carbonyl (C=O) groups excluding carboxylic acids is 1. The van der Waals surface area contributed by atoms with E-state index in [-0.39, 0.29) is 18.6 Å². The van der Waals surface area contributed by atoms with E-state index in [1.165, 1.54) is 6.33 Å². The average molecular weight is 398 g/mol. The van der Waals surface area contributed by atoms with E-state index in [4.69, 9.17) is 4.74 Å². The van der Waals surface area contributed by atoms with E-state index in [1.54, 1.807) is 11.0 Å². The molecule has 1 amide bonds. The van der Waals surface area contributed by atoms with Crippen LogP contribution in [0.15, 0.2) is 91.5 Å². The predicted octanol–water partition coefficient (Wildman–Crippen LogP) is 4.19. The van der Waals surface area contributed by atoms with Crippen LogP contribution in [0.5, 0.6) is 5.75 Å². The Labute approximate surface area is 175 Å². The van der Waals surface area contributed by atoms with E-state index in [9.17, 15) is 4.79 Å². The fourth-order valence-corrected chi connectivity index (χ4v) is 3.22. The zero-order valence-corrected chi connectivity index (χ0v) is 16.6. The lowest BCUT2D eigenvalue weighted by molar-refractivity contribution is -0.123. The number of rotatable bonds is 7. The highest BCUT2D eigenvalue weighted by molar-refractivity contribution is 5.78. The molecule has 1 unspecified atom stereocenters. The number of nitrogens with zero attached hydrogens (tertiary/aromatic N) is 3. The molecule has 0 aliphatic heterocycles. The molecule has 0 bridgehead atoms. The summed E-state index contributed by atoms with van der Waals surface area (Å²) in [6, 6.07) is 25.4. The Morgan fingerprint density at radius 1 is 1.00 bits per heavy atom. The number of nitrogens with one attached hydrogen (secondary N) is 1. The first-order chi connectivity index (χ1) is 14.7. The van der Waals surface area contributed by atoms with Gasteiger partial charge in [-0.15, -0.1) is 0 Å². The first kappa shape index (κ1) is 19.4. The van der Waals surface area contributed by atoms with E-state index in [0.29, 0.717) is 5.75 Å². The normalized spacial score (nSPS) is 11.6. The van der Waals surface area contributed by atoms with Gasteiger partial charge in [-0.25, -0.2) is 9.67 Å². The van der Waals surface area contributed by atoms with Crippen LogP contribution >= 0.6 is 0 Å². The number of aromatic nitrogens is 3. The molecule has 0 aliphatic carbocycles. The van der Waals surface area contributed by atoms with E-state index < -0.39 is 0 Å². The predicted molar refractivity (Wildman–Crippen MR) is 115 cm³/mol. The summed E-state index contributed by atoms with van der Waals surface area (Å²) in [5.41, 5.74) is 3.92. The van der Waals surface area contributed by atoms with Crippen LogP contribution in [0.2, 0.25) is 0 Å². The van der Waals surface area contributed by atoms with Gasteiger partial charge in [-0.3, -0.25) is 4.79 Å². The van der Waals surface area contributed by atoms with E-state index in [1.807, 2.05) is 85.8 Å². The van der Waals surface area contributed by atoms with E-state index >= 15 is 0 Å². The summed E-state index contributed by atoms with van der Waals surface area (Å²) >= 11 is 0. The highest BCUT2D eigenvalue weighted by Crippen LogP contribution is 2.29. The van der Waals surface area contributed by atoms with Crippen LogP contribution in [0.3, 0.4) is 0 Å². The molecule has 1 atom stereocenters. The van der Waals surface area contributed by atoms with Gasteiger partial charge in [0.25, 0.3) is 5.91 Å². The van der Waals surface area contributed by atoms with Crippen molar-refractivity contribution in [2.24, 2.45) is 0 Å². The summed E-state index contributed by atoms with van der Waals surface area (Å²) < 4.78 is 7.51. The van der Waals surface area contributed by atoms with Crippen LogP contribution in [0.4, 0.5) is 0 Å². The van der Waals surface area contributed by atoms with Gasteiger partial charge in [-0.1, -0.05) is 60.7 Å². The zero-order valence-electron chi connectivity index (χ0n) is 16.6. The maximum absolute atomic E-state index is 12.4. The van der Waals surface area contributed by atoms with Gasteiger partial charge in [-0.2, -0.15) is 5.10 Å². The third kappa shape index (κ3) is 4.55. The van der Waals surface area contributed by atoms with Gasteiger partial charge in [0, 0.05) is 5.56 Å². The Hall–Kier alpha value is -3.93. The van der Waals surface area contributed by atoms with E-state index in [2.05, 4.69) is 15.4 Å². The summed E-state index contributed by atoms with van der Waals surface area (Å²) in [4.78, 5) is 16.4. The Morgan fingerprint density at radius 2 is 1.73 bits per heavy atom. The number of carbonyl (C=O) groups is 1. The van der Waals surface area contributed by atoms with Crippen molar-refractivity contribution in [2.75, 3.05) is 6.61 Å². The van der Waals surface area contributed by atoms with Crippen molar-refractivity contribution in [3.8, 4) is 22.6 Å². The van der Waals surface area contributed by atoms with Crippen molar-refractivity contribution < 1.29 is 9.53 Å². The van der Waals surface area contributed by atoms with Crippen LogP contribution in [-0.4, -0.2) is 27.3 Å². The molecular formula is C24H22N4O2. The van der Waals surface area contributed by atoms with Crippen LogP contribution in [-0.2, 0) is 4.79 Å². The Bertz CT molecular complexity index is 1090. The van der Waals surface area contributed by atoms with Crippen LogP contribution in [0, 0.1) is 0 Å². The summed E-state index contributed by atoms with van der Waals surface area (Å²) in [7, 11) is 0. The van der Waals surface area contributed by atoms with Crippen molar-refractivity contribution in [1.82, 2.24) is 20.1 Å². The number of para-hydroxylation sites is 1. The molecule has 150 valence electrons. The second kappa shape index (κ2) is 9.05. The number of ether oxygens (including phenoxy) is 1. The maximum Gasteiger partial charge on any atom is 0.258 e. The van der Waals surface area contributed by atoms with Crippen LogP contribution < -0.4 is 10.1 Å². The van der Waals surface area contributed by atoms with Gasteiger partial charge in [-0.05, 0) is 36.2 Å². The standard InChI is InChI=1S/C24H22N4O2/c1-18(19-11-13-21(14-12-19)28-17-25-16-26-28)27-24(29)15-30-23-10-6-5-9-22(23)20-7-3-2-4-8-20/h2-14,16-18H,15H2,1H3,(H,27,29). The first-order valence-electron chi connectivity index (χ1n) is 9.72. The lowest BCUT2D eigenvalue weighted by atomic mass is 10.1. The number of benzene rings is 3. The van der Waals surface area contributed by atoms with Crippen molar-refractivity contribution >= 4 is 5.91 Å². The van der Waals surface area contributed by atoms with Gasteiger partial charge in [0.2, 0.25) is 0 Å².